The van der Waals surface area contributed by atoms with E-state index in [-0.39, 0.29) is 29.1 Å². The van der Waals surface area contributed by atoms with Gasteiger partial charge in [0.1, 0.15) is 17.5 Å². The van der Waals surface area contributed by atoms with Gasteiger partial charge in [0.25, 0.3) is 0 Å². The van der Waals surface area contributed by atoms with Gasteiger partial charge in [0.05, 0.1) is 23.7 Å². The third-order valence-electron chi connectivity index (χ3n) is 7.19. The number of anilines is 2. The number of benzene rings is 3. The highest BCUT2D eigenvalue weighted by Gasteiger charge is 2.56. The maximum Gasteiger partial charge on any atom is 0.308 e. The van der Waals surface area contributed by atoms with Crippen LogP contribution >= 0.6 is 39.0 Å². The van der Waals surface area contributed by atoms with Gasteiger partial charge in [-0.1, -0.05) is 63.3 Å². The predicted octanol–water partition coefficient (Wildman–Crippen LogP) is 5.42. The first kappa shape index (κ1) is 27.5. The molecule has 0 aliphatic carbocycles. The van der Waals surface area contributed by atoms with Gasteiger partial charge in [-0.15, -0.1) is 0 Å². The minimum Gasteiger partial charge on any atom is -0.497 e. The van der Waals surface area contributed by atoms with Crippen LogP contribution in [0.5, 0.6) is 5.75 Å². The second-order valence-electron chi connectivity index (χ2n) is 9.85. The maximum absolute atomic E-state index is 14.0. The Morgan fingerprint density at radius 1 is 1.00 bits per heavy atom. The van der Waals surface area contributed by atoms with Crippen molar-refractivity contribution in [1.29, 1.82) is 0 Å². The van der Waals surface area contributed by atoms with Crippen LogP contribution in [-0.4, -0.2) is 34.6 Å². The SMILES string of the molecule is COc1ccc(N2C(=O)[C@H]3[C@H](c4cccc(Br)c4)c4sc(=O)n(CC(=O)Nc5cccc(C)c5)c4S[C@H]3C2=O)cc1. The summed E-state index contributed by atoms with van der Waals surface area (Å²) in [6.45, 7) is 1.72. The number of fused-ring (bicyclic) bond motifs is 2. The molecule has 1 fully saturated rings. The summed E-state index contributed by atoms with van der Waals surface area (Å²) in [4.78, 5) is 55.8. The highest BCUT2D eigenvalue weighted by molar-refractivity contribution is 9.10. The summed E-state index contributed by atoms with van der Waals surface area (Å²) in [6, 6.07) is 21.8. The van der Waals surface area contributed by atoms with Crippen LogP contribution in [0.3, 0.4) is 0 Å². The lowest BCUT2D eigenvalue weighted by Crippen LogP contribution is -2.33. The molecule has 0 unspecified atom stereocenters. The van der Waals surface area contributed by atoms with Crippen LogP contribution < -0.4 is 19.8 Å². The Hall–Kier alpha value is -3.67. The van der Waals surface area contributed by atoms with Gasteiger partial charge in [-0.25, -0.2) is 4.90 Å². The molecular weight excluding hydrogens is 626 g/mol. The van der Waals surface area contributed by atoms with Crippen molar-refractivity contribution < 1.29 is 19.1 Å². The predicted molar refractivity (Wildman–Crippen MR) is 163 cm³/mol. The van der Waals surface area contributed by atoms with E-state index in [0.29, 0.717) is 27.0 Å². The molecule has 4 aromatic rings. The van der Waals surface area contributed by atoms with Gasteiger partial charge in [-0.05, 0) is 66.6 Å². The van der Waals surface area contributed by atoms with Crippen molar-refractivity contribution in [2.45, 2.75) is 29.7 Å². The summed E-state index contributed by atoms with van der Waals surface area (Å²) >= 11 is 5.74. The van der Waals surface area contributed by atoms with Gasteiger partial charge in [-0.2, -0.15) is 0 Å². The average Bonchev–Trinajstić information content (AvgIpc) is 3.39. The molecule has 41 heavy (non-hydrogen) atoms. The van der Waals surface area contributed by atoms with E-state index in [1.54, 1.807) is 37.4 Å². The smallest absolute Gasteiger partial charge is 0.308 e. The van der Waals surface area contributed by atoms with Crippen LogP contribution in [0.15, 0.2) is 87.1 Å². The number of amides is 3. The van der Waals surface area contributed by atoms with Crippen LogP contribution in [0, 0.1) is 12.8 Å². The number of hydrogen-bond donors (Lipinski definition) is 1. The highest BCUT2D eigenvalue weighted by atomic mass is 79.9. The normalized spacial score (nSPS) is 19.6. The fourth-order valence-corrected chi connectivity index (χ4v) is 8.56. The second-order valence-corrected chi connectivity index (χ2v) is 12.9. The molecule has 208 valence electrons. The molecule has 6 rings (SSSR count). The Morgan fingerprint density at radius 2 is 1.76 bits per heavy atom. The van der Waals surface area contributed by atoms with E-state index in [1.807, 2.05) is 49.4 Å². The number of methoxy groups -OCH3 is 1. The summed E-state index contributed by atoms with van der Waals surface area (Å²) in [5.41, 5.74) is 2.91. The number of nitrogens with zero attached hydrogens (tertiary/aromatic N) is 2. The number of aromatic nitrogens is 1. The van der Waals surface area contributed by atoms with Crippen molar-refractivity contribution in [1.82, 2.24) is 4.57 Å². The van der Waals surface area contributed by atoms with Crippen LogP contribution in [0.4, 0.5) is 11.4 Å². The molecule has 8 nitrogen and oxygen atoms in total. The standard InChI is InChI=1S/C30H24BrN3O5S2/c1-16-5-3-8-19(13-16)32-22(35)15-33-29-26(41-30(33)38)23(17-6-4-7-18(31)14-17)24-25(40-29)28(37)34(27(24)36)20-9-11-21(39-2)12-10-20/h3-14,23-25H,15H2,1-2H3,(H,32,35)/t23-,24-,25+/m0/s1. The van der Waals surface area contributed by atoms with Crippen molar-refractivity contribution in [3.63, 3.8) is 0 Å². The van der Waals surface area contributed by atoms with Crippen molar-refractivity contribution in [3.8, 4) is 5.75 Å². The Labute approximate surface area is 252 Å². The minimum absolute atomic E-state index is 0.210. The molecule has 0 bridgehead atoms. The summed E-state index contributed by atoms with van der Waals surface area (Å²) < 4.78 is 7.48. The number of thioether (sulfide) groups is 1. The molecule has 3 atom stereocenters. The zero-order valence-electron chi connectivity index (χ0n) is 22.0. The van der Waals surface area contributed by atoms with Crippen molar-refractivity contribution in [2.24, 2.45) is 5.92 Å². The van der Waals surface area contributed by atoms with E-state index in [1.165, 1.54) is 21.2 Å². The third-order valence-corrected chi connectivity index (χ3v) is 10.3. The largest absolute Gasteiger partial charge is 0.497 e. The molecule has 0 radical (unpaired) electrons. The fraction of sp³-hybridized carbons (Fsp3) is 0.200. The quantitative estimate of drug-likeness (QED) is 0.280. The van der Waals surface area contributed by atoms with E-state index in [4.69, 9.17) is 4.74 Å². The van der Waals surface area contributed by atoms with Crippen LogP contribution in [0.1, 0.15) is 21.9 Å². The van der Waals surface area contributed by atoms with E-state index < -0.39 is 17.1 Å². The molecule has 1 aromatic heterocycles. The monoisotopic (exact) mass is 649 g/mol. The van der Waals surface area contributed by atoms with Gasteiger partial charge in [0.15, 0.2) is 0 Å². The van der Waals surface area contributed by atoms with Gasteiger partial charge >= 0.3 is 4.87 Å². The van der Waals surface area contributed by atoms with Crippen molar-refractivity contribution in [3.05, 3.63) is 103 Å². The lowest BCUT2D eigenvalue weighted by Gasteiger charge is -2.30. The first-order valence-electron chi connectivity index (χ1n) is 12.8. The number of halogens is 1. The molecule has 0 spiro atoms. The molecular formula is C30H24BrN3O5S2. The molecule has 0 saturated carbocycles. The zero-order valence-corrected chi connectivity index (χ0v) is 25.2. The number of imide groups is 1. The number of carbonyl (C=O) groups excluding carboxylic acids is 3. The molecule has 2 aliphatic heterocycles. The minimum atomic E-state index is -0.763. The maximum atomic E-state index is 14.0. The van der Waals surface area contributed by atoms with Gasteiger partial charge in [0.2, 0.25) is 17.7 Å². The number of aryl methyl sites for hydroxylation is 1. The number of hydrogen-bond acceptors (Lipinski definition) is 7. The summed E-state index contributed by atoms with van der Waals surface area (Å²) in [5.74, 6) is -1.67. The third kappa shape index (κ3) is 5.02. The molecule has 2 aliphatic rings. The summed E-state index contributed by atoms with van der Waals surface area (Å²) in [5, 5.41) is 2.64. The lowest BCUT2D eigenvalue weighted by molar-refractivity contribution is -0.122. The number of ether oxygens (including phenoxy) is 1. The van der Waals surface area contributed by atoms with Gasteiger partial charge < -0.3 is 10.1 Å². The molecule has 11 heteroatoms. The number of carbonyl (C=O) groups is 3. The van der Waals surface area contributed by atoms with Gasteiger partial charge in [-0.3, -0.25) is 23.7 Å². The fourth-order valence-electron chi connectivity index (χ4n) is 5.37. The topological polar surface area (TPSA) is 97.7 Å². The Bertz CT molecular complexity index is 1750. The van der Waals surface area contributed by atoms with E-state index >= 15 is 0 Å². The van der Waals surface area contributed by atoms with Crippen LogP contribution in [0.25, 0.3) is 0 Å². The first-order chi connectivity index (χ1) is 19.7. The number of rotatable bonds is 6. The molecule has 3 aromatic carbocycles. The molecule has 3 heterocycles. The van der Waals surface area contributed by atoms with Crippen molar-refractivity contribution in [2.75, 3.05) is 17.3 Å². The average molecular weight is 651 g/mol. The van der Waals surface area contributed by atoms with Gasteiger partial charge in [0, 0.05) is 21.0 Å². The number of nitrogens with one attached hydrogen (secondary N) is 1. The number of thiazole rings is 1. The van der Waals surface area contributed by atoms with Crippen LogP contribution in [0.2, 0.25) is 0 Å². The lowest BCUT2D eigenvalue weighted by atomic mass is 9.83. The van der Waals surface area contributed by atoms with E-state index in [0.717, 1.165) is 26.9 Å². The Balaban J connectivity index is 1.40. The van der Waals surface area contributed by atoms with E-state index in [2.05, 4.69) is 21.2 Å². The summed E-state index contributed by atoms with van der Waals surface area (Å²) in [6.07, 6.45) is 0. The highest BCUT2D eigenvalue weighted by Crippen LogP contribution is 2.54. The Kier molecular flexibility index (Phi) is 7.35. The molecule has 1 N–H and O–H groups in total. The van der Waals surface area contributed by atoms with Crippen molar-refractivity contribution >= 4 is 68.1 Å². The first-order valence-corrected chi connectivity index (χ1v) is 15.3. The second kappa shape index (κ2) is 11.0. The zero-order chi connectivity index (χ0) is 28.8. The molecule has 3 amide bonds. The van der Waals surface area contributed by atoms with Crippen LogP contribution in [-0.2, 0) is 20.9 Å². The summed E-state index contributed by atoms with van der Waals surface area (Å²) in [7, 11) is 1.55. The van der Waals surface area contributed by atoms with E-state index in [9.17, 15) is 19.2 Å². The molecule has 1 saturated heterocycles. The Morgan fingerprint density at radius 3 is 2.46 bits per heavy atom.